The van der Waals surface area contributed by atoms with Crippen molar-refractivity contribution in [3.05, 3.63) is 0 Å². The van der Waals surface area contributed by atoms with Gasteiger partial charge in [0.1, 0.15) is 0 Å². The highest BCUT2D eigenvalue weighted by Crippen LogP contribution is 2.12. The zero-order valence-electron chi connectivity index (χ0n) is 12.3. The second-order valence-corrected chi connectivity index (χ2v) is 5.18. The van der Waals surface area contributed by atoms with Crippen LogP contribution in [0.3, 0.4) is 0 Å². The van der Waals surface area contributed by atoms with Crippen LogP contribution in [0.15, 0.2) is 0 Å². The summed E-state index contributed by atoms with van der Waals surface area (Å²) in [6, 6.07) is 0.804. The first-order valence-electron chi connectivity index (χ1n) is 7.40. The van der Waals surface area contributed by atoms with Gasteiger partial charge in [0.2, 0.25) is 5.91 Å². The number of hydrogen-bond acceptors (Lipinski definition) is 3. The summed E-state index contributed by atoms with van der Waals surface area (Å²) in [6.45, 7) is 11.4. The van der Waals surface area contributed by atoms with Crippen LogP contribution in [0.2, 0.25) is 0 Å². The normalized spacial score (nSPS) is 21.6. The van der Waals surface area contributed by atoms with Crippen LogP contribution in [0.4, 0.5) is 0 Å². The van der Waals surface area contributed by atoms with E-state index in [1.54, 1.807) is 0 Å². The molecule has 1 heterocycles. The molecule has 0 aromatic rings. The van der Waals surface area contributed by atoms with Crippen molar-refractivity contribution in [2.75, 3.05) is 19.6 Å². The summed E-state index contributed by atoms with van der Waals surface area (Å²) >= 11 is 0. The number of rotatable bonds is 7. The Morgan fingerprint density at radius 3 is 2.50 bits per heavy atom. The molecule has 1 amide bonds. The average Bonchev–Trinajstić information content (AvgIpc) is 2.90. The van der Waals surface area contributed by atoms with Crippen molar-refractivity contribution in [2.24, 2.45) is 0 Å². The number of hydrogen-bond donors (Lipinski definition) is 2. The molecular formula is C14H29N3O. The standard InChI is InChI=1S/C14H29N3O/c1-5-12(6-2)16-14(18)11(4)17(7-3)13-8-9-15-10-13/h11-13,15H,5-10H2,1-4H3,(H,16,18). The summed E-state index contributed by atoms with van der Waals surface area (Å²) in [4.78, 5) is 14.6. The highest BCUT2D eigenvalue weighted by atomic mass is 16.2. The van der Waals surface area contributed by atoms with Gasteiger partial charge in [0.15, 0.2) is 0 Å². The van der Waals surface area contributed by atoms with Crippen LogP contribution in [0.1, 0.15) is 47.0 Å². The number of nitrogens with one attached hydrogen (secondary N) is 2. The summed E-state index contributed by atoms with van der Waals surface area (Å²) in [5, 5.41) is 6.52. The zero-order valence-corrected chi connectivity index (χ0v) is 12.3. The lowest BCUT2D eigenvalue weighted by Crippen LogP contribution is -2.52. The lowest BCUT2D eigenvalue weighted by molar-refractivity contribution is -0.127. The SMILES string of the molecule is CCC(CC)NC(=O)C(C)N(CC)C1CCNC1. The van der Waals surface area contributed by atoms with E-state index in [1.165, 1.54) is 0 Å². The summed E-state index contributed by atoms with van der Waals surface area (Å²) in [5.41, 5.74) is 0. The van der Waals surface area contributed by atoms with Gasteiger partial charge in [0, 0.05) is 18.6 Å². The van der Waals surface area contributed by atoms with Crippen LogP contribution in [0.25, 0.3) is 0 Å². The smallest absolute Gasteiger partial charge is 0.237 e. The third kappa shape index (κ3) is 3.95. The Hall–Kier alpha value is -0.610. The Bertz CT molecular complexity index is 247. The van der Waals surface area contributed by atoms with E-state index in [-0.39, 0.29) is 11.9 Å². The van der Waals surface area contributed by atoms with Crippen molar-refractivity contribution in [3.63, 3.8) is 0 Å². The maximum atomic E-state index is 12.3. The molecule has 106 valence electrons. The highest BCUT2D eigenvalue weighted by molar-refractivity contribution is 5.81. The number of carbonyl (C=O) groups is 1. The van der Waals surface area contributed by atoms with Gasteiger partial charge in [0.05, 0.1) is 6.04 Å². The highest BCUT2D eigenvalue weighted by Gasteiger charge is 2.29. The average molecular weight is 255 g/mol. The van der Waals surface area contributed by atoms with Gasteiger partial charge in [-0.2, -0.15) is 0 Å². The van der Waals surface area contributed by atoms with E-state index < -0.39 is 0 Å². The number of nitrogens with zero attached hydrogens (tertiary/aromatic N) is 1. The van der Waals surface area contributed by atoms with Crippen LogP contribution < -0.4 is 10.6 Å². The maximum Gasteiger partial charge on any atom is 0.237 e. The Labute approximate surface area is 111 Å². The Morgan fingerprint density at radius 1 is 1.39 bits per heavy atom. The quantitative estimate of drug-likeness (QED) is 0.722. The zero-order chi connectivity index (χ0) is 13.5. The Balaban J connectivity index is 2.53. The fourth-order valence-electron chi connectivity index (χ4n) is 2.74. The molecule has 2 N–H and O–H groups in total. The third-order valence-electron chi connectivity index (χ3n) is 4.08. The molecule has 0 bridgehead atoms. The fraction of sp³-hybridized carbons (Fsp3) is 0.929. The van der Waals surface area contributed by atoms with Gasteiger partial charge in [0.25, 0.3) is 0 Å². The summed E-state index contributed by atoms with van der Waals surface area (Å²) in [5.74, 6) is 0.178. The molecule has 4 heteroatoms. The van der Waals surface area contributed by atoms with Gasteiger partial charge in [-0.3, -0.25) is 9.69 Å². The van der Waals surface area contributed by atoms with E-state index in [4.69, 9.17) is 0 Å². The molecule has 2 unspecified atom stereocenters. The van der Waals surface area contributed by atoms with Gasteiger partial charge >= 0.3 is 0 Å². The van der Waals surface area contributed by atoms with Crippen LogP contribution in [0, 0.1) is 0 Å². The Kier molecular flexibility index (Phi) is 6.65. The first kappa shape index (κ1) is 15.4. The van der Waals surface area contributed by atoms with Crippen LogP contribution in [-0.4, -0.2) is 48.6 Å². The number of carbonyl (C=O) groups excluding carboxylic acids is 1. The molecule has 4 nitrogen and oxygen atoms in total. The van der Waals surface area contributed by atoms with E-state index in [2.05, 4.69) is 36.3 Å². The molecule has 1 aliphatic heterocycles. The number of amides is 1. The molecule has 1 fully saturated rings. The molecule has 1 aliphatic rings. The molecule has 0 aliphatic carbocycles. The van der Waals surface area contributed by atoms with Crippen LogP contribution >= 0.6 is 0 Å². The minimum absolute atomic E-state index is 0.0273. The molecule has 1 rings (SSSR count). The van der Waals surface area contributed by atoms with Crippen molar-refractivity contribution in [1.82, 2.24) is 15.5 Å². The van der Waals surface area contributed by atoms with E-state index >= 15 is 0 Å². The van der Waals surface area contributed by atoms with E-state index in [0.717, 1.165) is 38.9 Å². The van der Waals surface area contributed by atoms with E-state index in [9.17, 15) is 4.79 Å². The summed E-state index contributed by atoms with van der Waals surface area (Å²) in [7, 11) is 0. The minimum atomic E-state index is -0.0273. The first-order chi connectivity index (χ1) is 8.63. The van der Waals surface area contributed by atoms with Gasteiger partial charge < -0.3 is 10.6 Å². The minimum Gasteiger partial charge on any atom is -0.352 e. The van der Waals surface area contributed by atoms with Gasteiger partial charge in [-0.1, -0.05) is 20.8 Å². The maximum absolute atomic E-state index is 12.3. The van der Waals surface area contributed by atoms with Crippen molar-refractivity contribution in [1.29, 1.82) is 0 Å². The molecule has 2 atom stereocenters. The second kappa shape index (κ2) is 7.74. The van der Waals surface area contributed by atoms with E-state index in [0.29, 0.717) is 12.1 Å². The second-order valence-electron chi connectivity index (χ2n) is 5.18. The molecule has 18 heavy (non-hydrogen) atoms. The topological polar surface area (TPSA) is 44.4 Å². The van der Waals surface area contributed by atoms with Crippen molar-refractivity contribution in [3.8, 4) is 0 Å². The lowest BCUT2D eigenvalue weighted by Gasteiger charge is -2.33. The molecule has 1 saturated heterocycles. The number of likely N-dealkylation sites (N-methyl/N-ethyl adjacent to an activating group) is 1. The lowest BCUT2D eigenvalue weighted by atomic mass is 10.1. The molecular weight excluding hydrogens is 226 g/mol. The Morgan fingerprint density at radius 2 is 2.06 bits per heavy atom. The van der Waals surface area contributed by atoms with Crippen LogP contribution in [0.5, 0.6) is 0 Å². The van der Waals surface area contributed by atoms with Crippen molar-refractivity contribution < 1.29 is 4.79 Å². The molecule has 0 aromatic heterocycles. The predicted octanol–water partition coefficient (Wildman–Crippen LogP) is 1.36. The molecule has 0 saturated carbocycles. The van der Waals surface area contributed by atoms with Gasteiger partial charge in [-0.25, -0.2) is 0 Å². The molecule has 0 spiro atoms. The molecule has 0 aromatic carbocycles. The first-order valence-corrected chi connectivity index (χ1v) is 7.40. The van der Waals surface area contributed by atoms with Gasteiger partial charge in [-0.05, 0) is 39.3 Å². The van der Waals surface area contributed by atoms with Crippen molar-refractivity contribution in [2.45, 2.75) is 65.1 Å². The summed E-state index contributed by atoms with van der Waals surface area (Å²) < 4.78 is 0. The summed E-state index contributed by atoms with van der Waals surface area (Å²) in [6.07, 6.45) is 3.16. The van der Waals surface area contributed by atoms with E-state index in [1.807, 2.05) is 6.92 Å². The molecule has 0 radical (unpaired) electrons. The predicted molar refractivity (Wildman–Crippen MR) is 75.6 cm³/mol. The third-order valence-corrected chi connectivity index (χ3v) is 4.08. The van der Waals surface area contributed by atoms with Crippen molar-refractivity contribution >= 4 is 5.91 Å². The van der Waals surface area contributed by atoms with Crippen LogP contribution in [-0.2, 0) is 4.79 Å². The fourth-order valence-corrected chi connectivity index (χ4v) is 2.74. The largest absolute Gasteiger partial charge is 0.352 e. The monoisotopic (exact) mass is 255 g/mol. The van der Waals surface area contributed by atoms with Gasteiger partial charge in [-0.15, -0.1) is 0 Å².